The molecule has 0 bridgehead atoms. The number of halogens is 2. The van der Waals surface area contributed by atoms with E-state index in [0.717, 1.165) is 5.56 Å². The summed E-state index contributed by atoms with van der Waals surface area (Å²) in [6.07, 6.45) is 1.25. The maximum Gasteiger partial charge on any atom is 0.154 e. The molecule has 0 N–H and O–H groups in total. The lowest BCUT2D eigenvalue weighted by Crippen LogP contribution is -2.35. The molecule has 0 saturated heterocycles. The summed E-state index contributed by atoms with van der Waals surface area (Å²) in [5.41, 5.74) is 0.903. The first-order valence-corrected chi connectivity index (χ1v) is 7.94. The van der Waals surface area contributed by atoms with E-state index in [1.54, 1.807) is 26.0 Å². The van der Waals surface area contributed by atoms with Gasteiger partial charge in [0.2, 0.25) is 0 Å². The summed E-state index contributed by atoms with van der Waals surface area (Å²) in [6, 6.07) is 7.16. The van der Waals surface area contributed by atoms with Crippen LogP contribution in [0.5, 0.6) is 0 Å². The van der Waals surface area contributed by atoms with Crippen LogP contribution in [0.4, 0.5) is 0 Å². The second-order valence-corrected chi connectivity index (χ2v) is 8.24. The fraction of sp³-hybridized carbons (Fsp3) is 0.455. The number of sulfone groups is 1. The topological polar surface area (TPSA) is 34.1 Å². The Morgan fingerprint density at radius 1 is 1.25 bits per heavy atom. The van der Waals surface area contributed by atoms with Crippen molar-refractivity contribution in [1.29, 1.82) is 0 Å². The molecular formula is C11H14BrClO2S. The Balaban J connectivity index is 3.12. The Labute approximate surface area is 110 Å². The average molecular weight is 326 g/mol. The van der Waals surface area contributed by atoms with E-state index in [9.17, 15) is 8.42 Å². The van der Waals surface area contributed by atoms with Crippen molar-refractivity contribution >= 4 is 37.4 Å². The minimum atomic E-state index is -3.14. The normalized spacial score (nSPS) is 14.8. The molecule has 0 heterocycles. The van der Waals surface area contributed by atoms with Crippen LogP contribution in [0.2, 0.25) is 5.02 Å². The van der Waals surface area contributed by atoms with Gasteiger partial charge in [0.15, 0.2) is 9.84 Å². The van der Waals surface area contributed by atoms with Crippen LogP contribution in [0, 0.1) is 0 Å². The van der Waals surface area contributed by atoms with Crippen LogP contribution in [0.25, 0.3) is 0 Å². The third kappa shape index (κ3) is 2.79. The van der Waals surface area contributed by atoms with Crippen molar-refractivity contribution in [2.24, 2.45) is 0 Å². The summed E-state index contributed by atoms with van der Waals surface area (Å²) < 4.78 is 22.5. The second kappa shape index (κ2) is 4.67. The molecule has 0 aromatic heterocycles. The molecule has 0 amide bonds. The summed E-state index contributed by atoms with van der Waals surface area (Å²) in [6.45, 7) is 3.41. The van der Waals surface area contributed by atoms with E-state index in [2.05, 4.69) is 15.9 Å². The standard InChI is InChI=1S/C11H14BrClO2S/c1-11(2,16(3,14)15)10(12)8-4-6-9(13)7-5-8/h4-7,10H,1-3H3. The number of hydrogen-bond acceptors (Lipinski definition) is 2. The maximum atomic E-state index is 11.7. The van der Waals surface area contributed by atoms with Gasteiger partial charge in [-0.05, 0) is 31.5 Å². The monoisotopic (exact) mass is 324 g/mol. The van der Waals surface area contributed by atoms with Gasteiger partial charge < -0.3 is 0 Å². The summed E-state index contributed by atoms with van der Waals surface area (Å²) in [7, 11) is -3.14. The lowest BCUT2D eigenvalue weighted by atomic mass is 10.0. The molecule has 0 spiro atoms. The van der Waals surface area contributed by atoms with Crippen molar-refractivity contribution in [3.05, 3.63) is 34.9 Å². The molecule has 2 nitrogen and oxygen atoms in total. The van der Waals surface area contributed by atoms with E-state index >= 15 is 0 Å². The molecule has 16 heavy (non-hydrogen) atoms. The number of hydrogen-bond donors (Lipinski definition) is 0. The zero-order valence-electron chi connectivity index (χ0n) is 9.37. The molecule has 1 atom stereocenters. The van der Waals surface area contributed by atoms with Gasteiger partial charge in [0.1, 0.15) is 0 Å². The summed E-state index contributed by atoms with van der Waals surface area (Å²) >= 11 is 9.23. The molecule has 1 rings (SSSR count). The second-order valence-electron chi connectivity index (χ2n) is 4.29. The van der Waals surface area contributed by atoms with Crippen molar-refractivity contribution in [3.63, 3.8) is 0 Å². The van der Waals surface area contributed by atoms with Gasteiger partial charge in [-0.15, -0.1) is 0 Å². The predicted octanol–water partition coefficient (Wildman–Crippen LogP) is 3.60. The third-order valence-corrected chi connectivity index (χ3v) is 7.10. The van der Waals surface area contributed by atoms with Crippen LogP contribution < -0.4 is 0 Å². The minimum Gasteiger partial charge on any atom is -0.229 e. The van der Waals surface area contributed by atoms with Crippen molar-refractivity contribution in [1.82, 2.24) is 0 Å². The molecule has 0 aliphatic rings. The molecule has 1 aromatic rings. The van der Waals surface area contributed by atoms with Gasteiger partial charge in [-0.3, -0.25) is 0 Å². The number of rotatable bonds is 3. The summed E-state index contributed by atoms with van der Waals surface area (Å²) in [5.74, 6) is 0. The van der Waals surface area contributed by atoms with Gasteiger partial charge in [-0.25, -0.2) is 8.42 Å². The average Bonchev–Trinajstić information content (AvgIpc) is 2.16. The Hall–Kier alpha value is -0.0600. The summed E-state index contributed by atoms with van der Waals surface area (Å²) in [4.78, 5) is -0.257. The quantitative estimate of drug-likeness (QED) is 0.796. The van der Waals surface area contributed by atoms with E-state index < -0.39 is 14.6 Å². The summed E-state index contributed by atoms with van der Waals surface area (Å²) in [5, 5.41) is 0.639. The lowest BCUT2D eigenvalue weighted by Gasteiger charge is -2.28. The molecule has 90 valence electrons. The Kier molecular flexibility index (Phi) is 4.08. The molecule has 0 saturated carbocycles. The molecule has 0 aliphatic heterocycles. The predicted molar refractivity (Wildman–Crippen MR) is 72.0 cm³/mol. The number of benzene rings is 1. The molecule has 0 aliphatic carbocycles. The van der Waals surface area contributed by atoms with Crippen LogP contribution >= 0.6 is 27.5 Å². The van der Waals surface area contributed by atoms with Crippen molar-refractivity contribution < 1.29 is 8.42 Å². The molecule has 5 heteroatoms. The van der Waals surface area contributed by atoms with Crippen molar-refractivity contribution in [3.8, 4) is 0 Å². The van der Waals surface area contributed by atoms with Gasteiger partial charge in [-0.1, -0.05) is 39.7 Å². The molecule has 0 fully saturated rings. The van der Waals surface area contributed by atoms with Crippen molar-refractivity contribution in [2.75, 3.05) is 6.26 Å². The first-order valence-electron chi connectivity index (χ1n) is 4.75. The van der Waals surface area contributed by atoms with Gasteiger partial charge in [0, 0.05) is 11.3 Å². The Morgan fingerprint density at radius 2 is 1.69 bits per heavy atom. The maximum absolute atomic E-state index is 11.7. The van der Waals surface area contributed by atoms with E-state index in [0.29, 0.717) is 5.02 Å². The van der Waals surface area contributed by atoms with Crippen LogP contribution in [0.15, 0.2) is 24.3 Å². The largest absolute Gasteiger partial charge is 0.229 e. The Bertz CT molecular complexity index is 465. The molecular weight excluding hydrogens is 312 g/mol. The SMILES string of the molecule is CC(C)(C(Br)c1ccc(Cl)cc1)S(C)(=O)=O. The smallest absolute Gasteiger partial charge is 0.154 e. The van der Waals surface area contributed by atoms with Crippen LogP contribution in [-0.2, 0) is 9.84 Å². The van der Waals surface area contributed by atoms with E-state index in [-0.39, 0.29) is 4.83 Å². The van der Waals surface area contributed by atoms with Gasteiger partial charge in [-0.2, -0.15) is 0 Å². The highest BCUT2D eigenvalue weighted by molar-refractivity contribution is 9.09. The zero-order chi connectivity index (χ0) is 12.6. The molecule has 1 aromatic carbocycles. The minimum absolute atomic E-state index is 0.257. The van der Waals surface area contributed by atoms with Crippen LogP contribution in [0.1, 0.15) is 24.2 Å². The van der Waals surface area contributed by atoms with Crippen LogP contribution in [0.3, 0.4) is 0 Å². The highest BCUT2D eigenvalue weighted by Crippen LogP contribution is 2.39. The highest BCUT2D eigenvalue weighted by Gasteiger charge is 2.38. The molecule has 0 radical (unpaired) electrons. The first kappa shape index (κ1) is 14.0. The van der Waals surface area contributed by atoms with E-state index in [1.165, 1.54) is 6.26 Å². The third-order valence-electron chi connectivity index (χ3n) is 2.73. The fourth-order valence-electron chi connectivity index (χ4n) is 1.22. The molecule has 1 unspecified atom stereocenters. The highest BCUT2D eigenvalue weighted by atomic mass is 79.9. The van der Waals surface area contributed by atoms with E-state index in [4.69, 9.17) is 11.6 Å². The fourth-order valence-corrected chi connectivity index (χ4v) is 3.18. The first-order chi connectivity index (χ1) is 7.16. The zero-order valence-corrected chi connectivity index (χ0v) is 12.5. The van der Waals surface area contributed by atoms with Crippen molar-refractivity contribution in [2.45, 2.75) is 23.4 Å². The van der Waals surface area contributed by atoms with Gasteiger partial charge in [0.25, 0.3) is 0 Å². The Morgan fingerprint density at radius 3 is 2.06 bits per heavy atom. The van der Waals surface area contributed by atoms with Gasteiger partial charge in [0.05, 0.1) is 9.57 Å². The van der Waals surface area contributed by atoms with E-state index in [1.807, 2.05) is 12.1 Å². The van der Waals surface area contributed by atoms with Crippen LogP contribution in [-0.4, -0.2) is 19.4 Å². The van der Waals surface area contributed by atoms with Gasteiger partial charge >= 0.3 is 0 Å². The lowest BCUT2D eigenvalue weighted by molar-refractivity contribution is 0.548. The number of alkyl halides is 1.